The van der Waals surface area contributed by atoms with Gasteiger partial charge in [0.05, 0.1) is 18.4 Å². The monoisotopic (exact) mass is 236 g/mol. The molecule has 0 unspecified atom stereocenters. The van der Waals surface area contributed by atoms with Crippen molar-refractivity contribution in [2.45, 2.75) is 0 Å². The number of aromatic carboxylic acids is 1. The molecule has 1 saturated heterocycles. The van der Waals surface area contributed by atoms with Crippen LogP contribution in [0.2, 0.25) is 0 Å². The number of carboxylic acids is 1. The summed E-state index contributed by atoms with van der Waals surface area (Å²) in [6.45, 7) is 3.68. The number of carbonyl (C=O) groups is 1. The minimum absolute atomic E-state index is 0.251. The van der Waals surface area contributed by atoms with Gasteiger partial charge in [-0.2, -0.15) is 0 Å². The van der Waals surface area contributed by atoms with Gasteiger partial charge >= 0.3 is 5.97 Å². The highest BCUT2D eigenvalue weighted by atomic mass is 16.5. The van der Waals surface area contributed by atoms with Crippen LogP contribution in [-0.4, -0.2) is 44.4 Å². The van der Waals surface area contributed by atoms with Crippen LogP contribution in [0.15, 0.2) is 18.2 Å². The Hall–Kier alpha value is -1.75. The van der Waals surface area contributed by atoms with Crippen molar-refractivity contribution in [1.29, 1.82) is 0 Å². The Balaban J connectivity index is 2.29. The van der Waals surface area contributed by atoms with Crippen LogP contribution in [0.5, 0.6) is 5.75 Å². The molecule has 92 valence electrons. The van der Waals surface area contributed by atoms with Gasteiger partial charge in [-0.25, -0.2) is 4.79 Å². The highest BCUT2D eigenvalue weighted by molar-refractivity contribution is 5.89. The number of hydrogen-bond acceptors (Lipinski definition) is 4. The highest BCUT2D eigenvalue weighted by Gasteiger charge is 2.16. The van der Waals surface area contributed by atoms with Gasteiger partial charge in [0.25, 0.3) is 0 Å². The first-order chi connectivity index (χ1) is 8.22. The molecule has 1 aromatic rings. The minimum atomic E-state index is -0.935. The molecule has 2 rings (SSSR count). The standard InChI is InChI=1S/C12H16N2O3/c1-17-11-8-9(12(15)16)2-3-10(11)14-6-4-13-5-7-14/h2-3,8,13H,4-7H2,1H3,(H,15,16). The third-order valence-electron chi connectivity index (χ3n) is 2.88. The molecule has 5 heteroatoms. The van der Waals surface area contributed by atoms with Crippen LogP contribution in [0.1, 0.15) is 10.4 Å². The van der Waals surface area contributed by atoms with Gasteiger partial charge in [-0.15, -0.1) is 0 Å². The van der Waals surface area contributed by atoms with E-state index in [0.717, 1.165) is 31.9 Å². The zero-order valence-corrected chi connectivity index (χ0v) is 9.77. The second-order valence-corrected chi connectivity index (χ2v) is 3.93. The maximum absolute atomic E-state index is 10.9. The van der Waals surface area contributed by atoms with E-state index in [4.69, 9.17) is 9.84 Å². The molecular weight excluding hydrogens is 220 g/mol. The predicted molar refractivity (Wildman–Crippen MR) is 65.0 cm³/mol. The largest absolute Gasteiger partial charge is 0.495 e. The van der Waals surface area contributed by atoms with Crippen molar-refractivity contribution in [3.8, 4) is 5.75 Å². The number of piperazine rings is 1. The molecule has 1 fully saturated rings. The van der Waals surface area contributed by atoms with E-state index in [1.165, 1.54) is 0 Å². The van der Waals surface area contributed by atoms with Crippen molar-refractivity contribution in [2.75, 3.05) is 38.2 Å². The summed E-state index contributed by atoms with van der Waals surface area (Å²) in [6.07, 6.45) is 0. The van der Waals surface area contributed by atoms with Crippen LogP contribution in [0.25, 0.3) is 0 Å². The summed E-state index contributed by atoms with van der Waals surface area (Å²) >= 11 is 0. The van der Waals surface area contributed by atoms with Crippen LogP contribution in [-0.2, 0) is 0 Å². The maximum atomic E-state index is 10.9. The van der Waals surface area contributed by atoms with Gasteiger partial charge in [0, 0.05) is 26.2 Å². The average molecular weight is 236 g/mol. The SMILES string of the molecule is COc1cc(C(=O)O)ccc1N1CCNCC1. The summed E-state index contributed by atoms with van der Waals surface area (Å²) in [4.78, 5) is 13.1. The van der Waals surface area contributed by atoms with E-state index in [0.29, 0.717) is 5.75 Å². The van der Waals surface area contributed by atoms with Crippen molar-refractivity contribution >= 4 is 11.7 Å². The Morgan fingerprint density at radius 3 is 2.71 bits per heavy atom. The number of benzene rings is 1. The molecule has 1 aromatic carbocycles. The first kappa shape index (κ1) is 11.7. The van der Waals surface area contributed by atoms with E-state index in [2.05, 4.69) is 10.2 Å². The van der Waals surface area contributed by atoms with Crippen LogP contribution < -0.4 is 15.0 Å². The lowest BCUT2D eigenvalue weighted by Crippen LogP contribution is -2.43. The fourth-order valence-electron chi connectivity index (χ4n) is 1.98. The van der Waals surface area contributed by atoms with E-state index in [9.17, 15) is 4.79 Å². The molecule has 0 spiro atoms. The van der Waals surface area contributed by atoms with Crippen LogP contribution >= 0.6 is 0 Å². The van der Waals surface area contributed by atoms with Crippen molar-refractivity contribution in [1.82, 2.24) is 5.32 Å². The quantitative estimate of drug-likeness (QED) is 0.813. The molecule has 0 amide bonds. The summed E-state index contributed by atoms with van der Waals surface area (Å²) in [7, 11) is 1.56. The second kappa shape index (κ2) is 5.05. The number of ether oxygens (including phenoxy) is 1. The number of anilines is 1. The second-order valence-electron chi connectivity index (χ2n) is 3.93. The third-order valence-corrected chi connectivity index (χ3v) is 2.88. The summed E-state index contributed by atoms with van der Waals surface area (Å²) in [5.74, 6) is -0.318. The van der Waals surface area contributed by atoms with Crippen molar-refractivity contribution in [3.63, 3.8) is 0 Å². The minimum Gasteiger partial charge on any atom is -0.495 e. The smallest absolute Gasteiger partial charge is 0.335 e. The molecule has 0 saturated carbocycles. The lowest BCUT2D eigenvalue weighted by Gasteiger charge is -2.30. The molecular formula is C12H16N2O3. The lowest BCUT2D eigenvalue weighted by atomic mass is 10.1. The number of nitrogens with zero attached hydrogens (tertiary/aromatic N) is 1. The van der Waals surface area contributed by atoms with Gasteiger partial charge in [0.1, 0.15) is 5.75 Å². The molecule has 1 heterocycles. The predicted octanol–water partition coefficient (Wildman–Crippen LogP) is 0.803. The highest BCUT2D eigenvalue weighted by Crippen LogP contribution is 2.29. The van der Waals surface area contributed by atoms with Crippen LogP contribution in [0, 0.1) is 0 Å². The topological polar surface area (TPSA) is 61.8 Å². The number of carboxylic acid groups (broad SMARTS) is 1. The molecule has 2 N–H and O–H groups in total. The molecule has 1 aliphatic heterocycles. The maximum Gasteiger partial charge on any atom is 0.335 e. The van der Waals surface area contributed by atoms with Gasteiger partial charge in [0.15, 0.2) is 0 Å². The molecule has 0 bridgehead atoms. The summed E-state index contributed by atoms with van der Waals surface area (Å²) in [6, 6.07) is 5.00. The van der Waals surface area contributed by atoms with Gasteiger partial charge < -0.3 is 20.1 Å². The number of nitrogens with one attached hydrogen (secondary N) is 1. The Labute approximate surface area is 100.0 Å². The molecule has 17 heavy (non-hydrogen) atoms. The van der Waals surface area contributed by atoms with E-state index in [1.54, 1.807) is 19.2 Å². The molecule has 1 aliphatic rings. The zero-order valence-electron chi connectivity index (χ0n) is 9.77. The van der Waals surface area contributed by atoms with Crippen LogP contribution in [0.4, 0.5) is 5.69 Å². The molecule has 0 aromatic heterocycles. The van der Waals surface area contributed by atoms with E-state index < -0.39 is 5.97 Å². The zero-order chi connectivity index (χ0) is 12.3. The summed E-state index contributed by atoms with van der Waals surface area (Å²) in [5.41, 5.74) is 1.21. The Kier molecular flexibility index (Phi) is 3.49. The van der Waals surface area contributed by atoms with E-state index in [-0.39, 0.29) is 5.56 Å². The van der Waals surface area contributed by atoms with Gasteiger partial charge in [-0.05, 0) is 18.2 Å². The number of hydrogen-bond donors (Lipinski definition) is 2. The molecule has 0 aliphatic carbocycles. The molecule has 5 nitrogen and oxygen atoms in total. The number of methoxy groups -OCH3 is 1. The third kappa shape index (κ3) is 2.50. The summed E-state index contributed by atoms with van der Waals surface area (Å²) < 4.78 is 5.26. The first-order valence-electron chi connectivity index (χ1n) is 5.59. The van der Waals surface area contributed by atoms with E-state index >= 15 is 0 Å². The van der Waals surface area contributed by atoms with Crippen LogP contribution in [0.3, 0.4) is 0 Å². The van der Waals surface area contributed by atoms with Gasteiger partial charge in [-0.3, -0.25) is 0 Å². The Morgan fingerprint density at radius 1 is 1.41 bits per heavy atom. The summed E-state index contributed by atoms with van der Waals surface area (Å²) in [5, 5.41) is 12.2. The normalized spacial score (nSPS) is 15.7. The fourth-order valence-corrected chi connectivity index (χ4v) is 1.98. The van der Waals surface area contributed by atoms with Gasteiger partial charge in [0.2, 0.25) is 0 Å². The van der Waals surface area contributed by atoms with Gasteiger partial charge in [-0.1, -0.05) is 0 Å². The van der Waals surface area contributed by atoms with Crippen molar-refractivity contribution < 1.29 is 14.6 Å². The average Bonchev–Trinajstić information content (AvgIpc) is 2.39. The number of rotatable bonds is 3. The fraction of sp³-hybridized carbons (Fsp3) is 0.417. The molecule has 0 atom stereocenters. The first-order valence-corrected chi connectivity index (χ1v) is 5.59. The Morgan fingerprint density at radius 2 is 2.12 bits per heavy atom. The lowest BCUT2D eigenvalue weighted by molar-refractivity contribution is 0.0696. The van der Waals surface area contributed by atoms with E-state index in [1.807, 2.05) is 6.07 Å². The Bertz CT molecular complexity index is 414. The molecule has 0 radical (unpaired) electrons. The van der Waals surface area contributed by atoms with Crippen molar-refractivity contribution in [3.05, 3.63) is 23.8 Å². The van der Waals surface area contributed by atoms with Crippen molar-refractivity contribution in [2.24, 2.45) is 0 Å².